The lowest BCUT2D eigenvalue weighted by molar-refractivity contribution is -0.121. The highest BCUT2D eigenvalue weighted by Gasteiger charge is 2.43. The molecular formula is C19H29N5O. The van der Waals surface area contributed by atoms with Crippen molar-refractivity contribution in [3.8, 4) is 0 Å². The molecular weight excluding hydrogens is 314 g/mol. The van der Waals surface area contributed by atoms with E-state index in [2.05, 4.69) is 22.5 Å². The first-order chi connectivity index (χ1) is 12.2. The molecule has 0 radical (unpaired) electrons. The molecule has 2 N–H and O–H groups in total. The Labute approximate surface area is 149 Å². The fourth-order valence-electron chi connectivity index (χ4n) is 4.47. The Morgan fingerprint density at radius 1 is 1.20 bits per heavy atom. The fraction of sp³-hybridized carbons (Fsp3) is 0.737. The number of anilines is 1. The van der Waals surface area contributed by atoms with Gasteiger partial charge in [-0.05, 0) is 64.0 Å². The minimum Gasteiger partial charge on any atom is -0.350 e. The molecule has 1 aliphatic heterocycles. The number of carbonyl (C=O) groups excluding carboxylic acids is 1. The Bertz CT molecular complexity index is 657. The summed E-state index contributed by atoms with van der Waals surface area (Å²) in [5.74, 6) is 2.24. The molecule has 136 valence electrons. The number of rotatable bonds is 5. The fourth-order valence-corrected chi connectivity index (χ4v) is 4.47. The van der Waals surface area contributed by atoms with E-state index >= 15 is 0 Å². The number of likely N-dealkylation sites (N-methyl/N-ethyl adjacent to an activating group) is 1. The van der Waals surface area contributed by atoms with Gasteiger partial charge in [0.2, 0.25) is 11.9 Å². The van der Waals surface area contributed by atoms with Gasteiger partial charge in [-0.3, -0.25) is 4.79 Å². The van der Waals surface area contributed by atoms with Gasteiger partial charge in [-0.2, -0.15) is 0 Å². The van der Waals surface area contributed by atoms with Crippen molar-refractivity contribution in [1.29, 1.82) is 0 Å². The summed E-state index contributed by atoms with van der Waals surface area (Å²) in [5, 5.41) is 6.16. The zero-order valence-corrected chi connectivity index (χ0v) is 15.3. The molecule has 6 heteroatoms. The largest absolute Gasteiger partial charge is 0.350 e. The van der Waals surface area contributed by atoms with E-state index in [4.69, 9.17) is 9.97 Å². The summed E-state index contributed by atoms with van der Waals surface area (Å²) in [7, 11) is 1.81. The zero-order valence-electron chi connectivity index (χ0n) is 15.3. The molecule has 25 heavy (non-hydrogen) atoms. The summed E-state index contributed by atoms with van der Waals surface area (Å²) in [6.45, 7) is 4.29. The molecule has 3 aliphatic rings. The van der Waals surface area contributed by atoms with Crippen molar-refractivity contribution in [3.05, 3.63) is 17.0 Å². The van der Waals surface area contributed by atoms with E-state index < -0.39 is 0 Å². The summed E-state index contributed by atoms with van der Waals surface area (Å²) in [6, 6.07) is 0.216. The van der Waals surface area contributed by atoms with Crippen LogP contribution in [0, 0.1) is 18.8 Å². The molecule has 0 aromatic carbocycles. The van der Waals surface area contributed by atoms with Crippen molar-refractivity contribution in [2.45, 2.75) is 51.5 Å². The lowest BCUT2D eigenvalue weighted by atomic mass is 9.95. The van der Waals surface area contributed by atoms with Gasteiger partial charge in [0.15, 0.2) is 0 Å². The summed E-state index contributed by atoms with van der Waals surface area (Å²) >= 11 is 0. The molecule has 6 nitrogen and oxygen atoms in total. The first kappa shape index (κ1) is 16.8. The van der Waals surface area contributed by atoms with Crippen LogP contribution in [0.2, 0.25) is 0 Å². The molecule has 2 fully saturated rings. The van der Waals surface area contributed by atoms with Crippen LogP contribution in [0.25, 0.3) is 0 Å². The van der Waals surface area contributed by atoms with Gasteiger partial charge in [-0.1, -0.05) is 0 Å². The lowest BCUT2D eigenvalue weighted by Gasteiger charge is -2.22. The number of nitrogens with zero attached hydrogens (tertiary/aromatic N) is 3. The normalized spacial score (nSPS) is 25.8. The molecule has 1 saturated carbocycles. The minimum atomic E-state index is 0.0857. The number of hydrogen-bond donors (Lipinski definition) is 2. The summed E-state index contributed by atoms with van der Waals surface area (Å²) in [4.78, 5) is 24.1. The van der Waals surface area contributed by atoms with Crippen LogP contribution in [-0.4, -0.2) is 48.6 Å². The second-order valence-corrected chi connectivity index (χ2v) is 7.85. The molecule has 4 rings (SSSR count). The number of carbonyl (C=O) groups is 1. The number of fused-ring (bicyclic) bond motifs is 1. The number of hydrogen-bond acceptors (Lipinski definition) is 5. The Morgan fingerprint density at radius 2 is 2.00 bits per heavy atom. The molecule has 1 saturated heterocycles. The van der Waals surface area contributed by atoms with E-state index in [0.717, 1.165) is 43.5 Å². The van der Waals surface area contributed by atoms with Crippen LogP contribution in [0.3, 0.4) is 0 Å². The molecule has 1 amide bonds. The van der Waals surface area contributed by atoms with Crippen molar-refractivity contribution in [3.63, 3.8) is 0 Å². The molecule has 2 heterocycles. The van der Waals surface area contributed by atoms with Crippen molar-refractivity contribution in [1.82, 2.24) is 20.6 Å². The SMILES string of the molecule is CNCC(=O)N[C@@H]1CN(c2nc(C)c3c(n2)CCCC3)C[C@H]1C1CC1. The van der Waals surface area contributed by atoms with Crippen LogP contribution in [0.15, 0.2) is 0 Å². The summed E-state index contributed by atoms with van der Waals surface area (Å²) in [6.07, 6.45) is 7.27. The topological polar surface area (TPSA) is 70.2 Å². The van der Waals surface area contributed by atoms with Crippen LogP contribution in [-0.2, 0) is 17.6 Å². The van der Waals surface area contributed by atoms with E-state index in [1.165, 1.54) is 36.9 Å². The van der Waals surface area contributed by atoms with E-state index in [-0.39, 0.29) is 11.9 Å². The lowest BCUT2D eigenvalue weighted by Crippen LogP contribution is -2.44. The quantitative estimate of drug-likeness (QED) is 0.841. The van der Waals surface area contributed by atoms with E-state index in [0.29, 0.717) is 12.5 Å². The third-order valence-electron chi connectivity index (χ3n) is 5.94. The zero-order chi connectivity index (χ0) is 17.4. The highest BCUT2D eigenvalue weighted by Crippen LogP contribution is 2.42. The number of aryl methyl sites for hydroxylation is 2. The Hall–Kier alpha value is -1.69. The predicted octanol–water partition coefficient (Wildman–Crippen LogP) is 1.21. The van der Waals surface area contributed by atoms with Crippen LogP contribution in [0.5, 0.6) is 0 Å². The summed E-state index contributed by atoms with van der Waals surface area (Å²) < 4.78 is 0. The van der Waals surface area contributed by atoms with Crippen LogP contribution in [0.1, 0.15) is 42.6 Å². The second-order valence-electron chi connectivity index (χ2n) is 7.85. The average molecular weight is 343 g/mol. The highest BCUT2D eigenvalue weighted by atomic mass is 16.2. The van der Waals surface area contributed by atoms with E-state index in [1.807, 2.05) is 7.05 Å². The molecule has 2 atom stereocenters. The van der Waals surface area contributed by atoms with Gasteiger partial charge in [-0.15, -0.1) is 0 Å². The standard InChI is InChI=1S/C19H29N5O/c1-12-14-5-3-4-6-16(14)23-19(21-12)24-10-15(13-7-8-13)17(11-24)22-18(25)9-20-2/h13,15,17,20H,3-11H2,1-2H3,(H,22,25)/t15-,17+/m0/s1. The smallest absolute Gasteiger partial charge is 0.234 e. The first-order valence-corrected chi connectivity index (χ1v) is 9.71. The molecule has 2 aliphatic carbocycles. The minimum absolute atomic E-state index is 0.0857. The third kappa shape index (κ3) is 3.50. The molecule has 0 unspecified atom stereocenters. The number of nitrogens with one attached hydrogen (secondary N) is 2. The van der Waals surface area contributed by atoms with E-state index in [9.17, 15) is 4.79 Å². The number of amides is 1. The van der Waals surface area contributed by atoms with Gasteiger partial charge >= 0.3 is 0 Å². The second kappa shape index (κ2) is 6.90. The van der Waals surface area contributed by atoms with Gasteiger partial charge in [-0.25, -0.2) is 9.97 Å². The third-order valence-corrected chi connectivity index (χ3v) is 5.94. The van der Waals surface area contributed by atoms with Crippen molar-refractivity contribution >= 4 is 11.9 Å². The first-order valence-electron chi connectivity index (χ1n) is 9.71. The molecule has 0 spiro atoms. The van der Waals surface area contributed by atoms with Crippen molar-refractivity contribution in [2.24, 2.45) is 11.8 Å². The van der Waals surface area contributed by atoms with Crippen LogP contribution in [0.4, 0.5) is 5.95 Å². The van der Waals surface area contributed by atoms with Gasteiger partial charge in [0.05, 0.1) is 12.6 Å². The van der Waals surface area contributed by atoms with Crippen LogP contribution >= 0.6 is 0 Å². The maximum absolute atomic E-state index is 12.1. The van der Waals surface area contributed by atoms with Gasteiger partial charge in [0.25, 0.3) is 0 Å². The van der Waals surface area contributed by atoms with E-state index in [1.54, 1.807) is 0 Å². The Morgan fingerprint density at radius 3 is 2.76 bits per heavy atom. The average Bonchev–Trinajstić information content (AvgIpc) is 3.36. The van der Waals surface area contributed by atoms with Gasteiger partial charge < -0.3 is 15.5 Å². The highest BCUT2D eigenvalue weighted by molar-refractivity contribution is 5.78. The maximum atomic E-state index is 12.1. The van der Waals surface area contributed by atoms with Crippen LogP contribution < -0.4 is 15.5 Å². The molecule has 1 aromatic rings. The predicted molar refractivity (Wildman–Crippen MR) is 97.7 cm³/mol. The summed E-state index contributed by atoms with van der Waals surface area (Å²) in [5.41, 5.74) is 3.76. The van der Waals surface area contributed by atoms with Gasteiger partial charge in [0, 0.05) is 30.4 Å². The molecule has 0 bridgehead atoms. The van der Waals surface area contributed by atoms with Crippen molar-refractivity contribution in [2.75, 3.05) is 31.6 Å². The molecule has 1 aromatic heterocycles. The monoisotopic (exact) mass is 343 g/mol. The van der Waals surface area contributed by atoms with Crippen molar-refractivity contribution < 1.29 is 4.79 Å². The Balaban J connectivity index is 1.53. The number of aromatic nitrogens is 2. The Kier molecular flexibility index (Phi) is 4.63. The van der Waals surface area contributed by atoms with Gasteiger partial charge in [0.1, 0.15) is 0 Å². The maximum Gasteiger partial charge on any atom is 0.234 e.